The maximum absolute atomic E-state index is 9.33. The van der Waals surface area contributed by atoms with Gasteiger partial charge < -0.3 is 24.4 Å². The van der Waals surface area contributed by atoms with Crippen molar-refractivity contribution in [2.45, 2.75) is 13.8 Å². The molecule has 0 aliphatic carbocycles. The van der Waals surface area contributed by atoms with Gasteiger partial charge in [-0.25, -0.2) is 4.98 Å². The summed E-state index contributed by atoms with van der Waals surface area (Å²) < 4.78 is 16.1. The molecule has 0 fully saturated rings. The second-order valence-corrected chi connectivity index (χ2v) is 7.07. The minimum atomic E-state index is -0.225. The van der Waals surface area contributed by atoms with Crippen LogP contribution in [-0.2, 0) is 0 Å². The fourth-order valence-corrected chi connectivity index (χ4v) is 2.52. The molecule has 0 bridgehead atoms. The first-order chi connectivity index (χ1) is 13.5. The molecule has 0 amide bonds. The topological polar surface area (TPSA) is 103 Å². The number of nitrogens with zero attached hydrogens (tertiary/aromatic N) is 3. The molecule has 0 aliphatic rings. The number of methoxy groups -OCH3 is 2. The number of para-hydroxylation sites is 1. The Labute approximate surface area is 163 Å². The van der Waals surface area contributed by atoms with Crippen LogP contribution in [0.3, 0.4) is 0 Å². The molecule has 0 atom stereocenters. The van der Waals surface area contributed by atoms with Crippen molar-refractivity contribution in [3.8, 4) is 34.3 Å². The number of nitrogens with one attached hydrogen (secondary N) is 1. The SMILES string of the molecule is COc1cccc(-c2noc(-c3ccc(NCC(C)(C)CO)nc3)n2)c1OC. The molecule has 3 rings (SSSR count). The highest BCUT2D eigenvalue weighted by molar-refractivity contribution is 5.69. The van der Waals surface area contributed by atoms with E-state index in [1.165, 1.54) is 0 Å². The van der Waals surface area contributed by atoms with Crippen LogP contribution in [0.4, 0.5) is 5.82 Å². The first-order valence-electron chi connectivity index (χ1n) is 8.83. The maximum Gasteiger partial charge on any atom is 0.259 e. The lowest BCUT2D eigenvalue weighted by molar-refractivity contribution is 0.170. The second-order valence-electron chi connectivity index (χ2n) is 7.07. The van der Waals surface area contributed by atoms with Crippen molar-refractivity contribution in [1.82, 2.24) is 15.1 Å². The van der Waals surface area contributed by atoms with Crippen LogP contribution in [0.2, 0.25) is 0 Å². The van der Waals surface area contributed by atoms with E-state index in [1.807, 2.05) is 38.1 Å². The zero-order chi connectivity index (χ0) is 20.1. The third-order valence-electron chi connectivity index (χ3n) is 4.26. The van der Waals surface area contributed by atoms with Gasteiger partial charge in [0.25, 0.3) is 5.89 Å². The van der Waals surface area contributed by atoms with E-state index >= 15 is 0 Å². The van der Waals surface area contributed by atoms with Gasteiger partial charge >= 0.3 is 0 Å². The van der Waals surface area contributed by atoms with Crippen LogP contribution in [0, 0.1) is 5.41 Å². The predicted octanol–water partition coefficient (Wildman–Crippen LogP) is 3.25. The molecule has 0 saturated carbocycles. The normalized spacial score (nSPS) is 11.3. The van der Waals surface area contributed by atoms with Crippen LogP contribution in [-0.4, -0.2) is 47.6 Å². The van der Waals surface area contributed by atoms with Gasteiger partial charge in [-0.1, -0.05) is 25.1 Å². The number of anilines is 1. The number of benzene rings is 1. The van der Waals surface area contributed by atoms with Crippen molar-refractivity contribution in [2.75, 3.05) is 32.7 Å². The van der Waals surface area contributed by atoms with Gasteiger partial charge in [0.15, 0.2) is 11.5 Å². The number of ether oxygens (including phenoxy) is 2. The van der Waals surface area contributed by atoms with Crippen molar-refractivity contribution in [2.24, 2.45) is 5.41 Å². The molecule has 2 N–H and O–H groups in total. The van der Waals surface area contributed by atoms with Gasteiger partial charge in [-0.3, -0.25) is 0 Å². The van der Waals surface area contributed by atoms with Crippen molar-refractivity contribution in [3.63, 3.8) is 0 Å². The lowest BCUT2D eigenvalue weighted by atomic mass is 9.95. The van der Waals surface area contributed by atoms with Crippen LogP contribution in [0.5, 0.6) is 11.5 Å². The molecule has 8 nitrogen and oxygen atoms in total. The second kappa shape index (κ2) is 8.26. The monoisotopic (exact) mass is 384 g/mol. The third-order valence-corrected chi connectivity index (χ3v) is 4.26. The summed E-state index contributed by atoms with van der Waals surface area (Å²) in [4.78, 5) is 8.83. The highest BCUT2D eigenvalue weighted by atomic mass is 16.5. The molecule has 2 heterocycles. The molecule has 0 saturated heterocycles. The number of aliphatic hydroxyl groups excluding tert-OH is 1. The fourth-order valence-electron chi connectivity index (χ4n) is 2.52. The Morgan fingerprint density at radius 3 is 2.61 bits per heavy atom. The summed E-state index contributed by atoms with van der Waals surface area (Å²) in [6.07, 6.45) is 1.66. The van der Waals surface area contributed by atoms with Gasteiger partial charge in [0.05, 0.1) is 25.3 Å². The smallest absolute Gasteiger partial charge is 0.259 e. The number of aromatic nitrogens is 3. The van der Waals surface area contributed by atoms with E-state index < -0.39 is 0 Å². The van der Waals surface area contributed by atoms with E-state index in [2.05, 4.69) is 20.4 Å². The van der Waals surface area contributed by atoms with Gasteiger partial charge in [-0.05, 0) is 24.3 Å². The molecular weight excluding hydrogens is 360 g/mol. The van der Waals surface area contributed by atoms with Gasteiger partial charge in [-0.2, -0.15) is 4.98 Å². The van der Waals surface area contributed by atoms with E-state index in [9.17, 15) is 5.11 Å². The van der Waals surface area contributed by atoms with Crippen LogP contribution >= 0.6 is 0 Å². The van der Waals surface area contributed by atoms with Crippen molar-refractivity contribution >= 4 is 5.82 Å². The van der Waals surface area contributed by atoms with Crippen LogP contribution in [0.15, 0.2) is 41.1 Å². The highest BCUT2D eigenvalue weighted by Gasteiger charge is 2.18. The molecule has 148 valence electrons. The van der Waals surface area contributed by atoms with E-state index in [-0.39, 0.29) is 12.0 Å². The van der Waals surface area contributed by atoms with Gasteiger partial charge in [0.2, 0.25) is 5.82 Å². The molecule has 0 unspecified atom stereocenters. The molecule has 2 aromatic heterocycles. The van der Waals surface area contributed by atoms with Crippen molar-refractivity contribution < 1.29 is 19.1 Å². The molecule has 0 radical (unpaired) electrons. The Kier molecular flexibility index (Phi) is 5.79. The van der Waals surface area contributed by atoms with Crippen LogP contribution in [0.1, 0.15) is 13.8 Å². The Hall–Kier alpha value is -3.13. The molecular formula is C20H24N4O4. The Balaban J connectivity index is 1.79. The van der Waals surface area contributed by atoms with Gasteiger partial charge in [0, 0.05) is 24.8 Å². The first kappa shape index (κ1) is 19.6. The Morgan fingerprint density at radius 2 is 1.96 bits per heavy atom. The maximum atomic E-state index is 9.33. The van der Waals surface area contributed by atoms with Crippen molar-refractivity contribution in [3.05, 3.63) is 36.5 Å². The zero-order valence-electron chi connectivity index (χ0n) is 16.4. The van der Waals surface area contributed by atoms with Crippen LogP contribution in [0.25, 0.3) is 22.8 Å². The summed E-state index contributed by atoms with van der Waals surface area (Å²) in [5.74, 6) is 2.60. The molecule has 0 spiro atoms. The number of hydrogen-bond acceptors (Lipinski definition) is 8. The highest BCUT2D eigenvalue weighted by Crippen LogP contribution is 2.37. The summed E-state index contributed by atoms with van der Waals surface area (Å²) in [6, 6.07) is 9.16. The van der Waals surface area contributed by atoms with Crippen LogP contribution < -0.4 is 14.8 Å². The lowest BCUT2D eigenvalue weighted by Crippen LogP contribution is -2.27. The quantitative estimate of drug-likeness (QED) is 0.610. The fraction of sp³-hybridized carbons (Fsp3) is 0.350. The first-order valence-corrected chi connectivity index (χ1v) is 8.83. The number of hydrogen-bond donors (Lipinski definition) is 2. The van der Waals surface area contributed by atoms with Gasteiger partial charge in [0.1, 0.15) is 5.82 Å². The largest absolute Gasteiger partial charge is 0.493 e. The summed E-state index contributed by atoms with van der Waals surface area (Å²) >= 11 is 0. The minimum Gasteiger partial charge on any atom is -0.493 e. The average Bonchev–Trinajstić information content (AvgIpc) is 3.22. The minimum absolute atomic E-state index is 0.0938. The molecule has 3 aromatic rings. The molecule has 8 heteroatoms. The summed E-state index contributed by atoms with van der Waals surface area (Å²) in [5, 5.41) is 16.6. The predicted molar refractivity (Wildman–Crippen MR) is 105 cm³/mol. The third kappa shape index (κ3) is 4.23. The van der Waals surface area contributed by atoms with E-state index in [4.69, 9.17) is 14.0 Å². The molecule has 1 aromatic carbocycles. The summed E-state index contributed by atoms with van der Waals surface area (Å²) in [5.41, 5.74) is 1.15. The number of rotatable bonds is 8. The van der Waals surface area contributed by atoms with Gasteiger partial charge in [-0.15, -0.1) is 0 Å². The van der Waals surface area contributed by atoms with E-state index in [1.54, 1.807) is 26.5 Å². The lowest BCUT2D eigenvalue weighted by Gasteiger charge is -2.22. The molecule has 0 aliphatic heterocycles. The van der Waals surface area contributed by atoms with Crippen molar-refractivity contribution in [1.29, 1.82) is 0 Å². The molecule has 28 heavy (non-hydrogen) atoms. The summed E-state index contributed by atoms with van der Waals surface area (Å²) in [6.45, 7) is 4.65. The van der Waals surface area contributed by atoms with E-state index in [0.29, 0.717) is 46.7 Å². The number of pyridine rings is 1. The summed E-state index contributed by atoms with van der Waals surface area (Å²) in [7, 11) is 3.14. The zero-order valence-corrected chi connectivity index (χ0v) is 16.4. The number of aliphatic hydroxyl groups is 1. The average molecular weight is 384 g/mol. The standard InChI is InChI=1S/C20H24N4O4/c1-20(2,12-25)11-22-16-9-8-13(10-21-16)19-23-18(24-28-19)14-6-5-7-15(26-3)17(14)27-4/h5-10,25H,11-12H2,1-4H3,(H,21,22). The van der Waals surface area contributed by atoms with E-state index in [0.717, 1.165) is 0 Å². The Morgan fingerprint density at radius 1 is 1.14 bits per heavy atom. The Bertz CT molecular complexity index is 922.